The van der Waals surface area contributed by atoms with Crippen molar-refractivity contribution in [2.45, 2.75) is 13.0 Å². The van der Waals surface area contributed by atoms with E-state index in [0.29, 0.717) is 0 Å². The number of benzene rings is 1. The fraction of sp³-hybridized carbons (Fsp3) is 0.500. The molecule has 0 saturated heterocycles. The maximum absolute atomic E-state index is 5.15. The SMILES string of the molecule is COCCCNCc1cccc(OC)c1. The van der Waals surface area contributed by atoms with Crippen molar-refractivity contribution in [2.75, 3.05) is 27.4 Å². The van der Waals surface area contributed by atoms with Crippen LogP contribution in [0.3, 0.4) is 0 Å². The fourth-order valence-corrected chi connectivity index (χ4v) is 1.36. The van der Waals surface area contributed by atoms with Crippen molar-refractivity contribution in [3.05, 3.63) is 29.8 Å². The van der Waals surface area contributed by atoms with Crippen molar-refractivity contribution in [1.82, 2.24) is 5.32 Å². The van der Waals surface area contributed by atoms with Crippen LogP contribution in [0.25, 0.3) is 0 Å². The zero-order valence-corrected chi connectivity index (χ0v) is 9.45. The molecule has 0 unspecified atom stereocenters. The van der Waals surface area contributed by atoms with E-state index in [0.717, 1.165) is 31.9 Å². The minimum atomic E-state index is 0.811. The van der Waals surface area contributed by atoms with E-state index in [1.165, 1.54) is 5.56 Å². The number of hydrogen-bond acceptors (Lipinski definition) is 3. The van der Waals surface area contributed by atoms with Gasteiger partial charge in [-0.1, -0.05) is 12.1 Å². The number of ether oxygens (including phenoxy) is 2. The Hall–Kier alpha value is -1.06. The molecular formula is C12H19NO2. The Morgan fingerprint density at radius 2 is 2.13 bits per heavy atom. The molecule has 0 heterocycles. The summed E-state index contributed by atoms with van der Waals surface area (Å²) in [5, 5.41) is 3.35. The third-order valence-corrected chi connectivity index (χ3v) is 2.17. The van der Waals surface area contributed by atoms with Gasteiger partial charge in [0.15, 0.2) is 0 Å². The molecule has 15 heavy (non-hydrogen) atoms. The summed E-state index contributed by atoms with van der Waals surface area (Å²) in [7, 11) is 3.41. The Morgan fingerprint density at radius 3 is 2.87 bits per heavy atom. The van der Waals surface area contributed by atoms with Gasteiger partial charge < -0.3 is 14.8 Å². The van der Waals surface area contributed by atoms with Crippen LogP contribution in [0.1, 0.15) is 12.0 Å². The molecule has 0 aliphatic rings. The zero-order chi connectivity index (χ0) is 10.9. The van der Waals surface area contributed by atoms with Gasteiger partial charge in [0.2, 0.25) is 0 Å². The lowest BCUT2D eigenvalue weighted by Gasteiger charge is -2.06. The molecule has 0 atom stereocenters. The molecule has 0 spiro atoms. The molecule has 84 valence electrons. The Bertz CT molecular complexity index is 276. The van der Waals surface area contributed by atoms with Gasteiger partial charge >= 0.3 is 0 Å². The maximum atomic E-state index is 5.15. The van der Waals surface area contributed by atoms with E-state index in [1.54, 1.807) is 14.2 Å². The van der Waals surface area contributed by atoms with Crippen LogP contribution in [-0.4, -0.2) is 27.4 Å². The van der Waals surface area contributed by atoms with Crippen molar-refractivity contribution in [3.8, 4) is 5.75 Å². The standard InChI is InChI=1S/C12H19NO2/c1-14-8-4-7-13-10-11-5-3-6-12(9-11)15-2/h3,5-6,9,13H,4,7-8,10H2,1-2H3. The molecular weight excluding hydrogens is 190 g/mol. The molecule has 0 radical (unpaired) electrons. The number of rotatable bonds is 7. The predicted molar refractivity (Wildman–Crippen MR) is 61.2 cm³/mol. The summed E-state index contributed by atoms with van der Waals surface area (Å²) in [6.45, 7) is 2.66. The minimum Gasteiger partial charge on any atom is -0.497 e. The highest BCUT2D eigenvalue weighted by atomic mass is 16.5. The van der Waals surface area contributed by atoms with E-state index in [9.17, 15) is 0 Å². The summed E-state index contributed by atoms with van der Waals surface area (Å²) in [5.74, 6) is 0.909. The second kappa shape index (κ2) is 7.26. The highest BCUT2D eigenvalue weighted by Gasteiger charge is 1.95. The molecule has 0 aliphatic carbocycles. The van der Waals surface area contributed by atoms with Gasteiger partial charge in [0.25, 0.3) is 0 Å². The molecule has 3 nitrogen and oxygen atoms in total. The van der Waals surface area contributed by atoms with Crippen LogP contribution in [0, 0.1) is 0 Å². The third-order valence-electron chi connectivity index (χ3n) is 2.17. The molecule has 0 saturated carbocycles. The second-order valence-electron chi connectivity index (χ2n) is 3.37. The van der Waals surface area contributed by atoms with Crippen LogP contribution in [0.4, 0.5) is 0 Å². The first-order chi connectivity index (χ1) is 7.36. The lowest BCUT2D eigenvalue weighted by molar-refractivity contribution is 0.194. The molecule has 0 amide bonds. The van der Waals surface area contributed by atoms with E-state index >= 15 is 0 Å². The Kier molecular flexibility index (Phi) is 5.81. The van der Waals surface area contributed by atoms with Gasteiger partial charge in [-0.15, -0.1) is 0 Å². The average molecular weight is 209 g/mol. The number of methoxy groups -OCH3 is 2. The number of nitrogens with one attached hydrogen (secondary N) is 1. The molecule has 1 rings (SSSR count). The lowest BCUT2D eigenvalue weighted by atomic mass is 10.2. The van der Waals surface area contributed by atoms with Gasteiger partial charge in [-0.25, -0.2) is 0 Å². The highest BCUT2D eigenvalue weighted by molar-refractivity contribution is 5.28. The smallest absolute Gasteiger partial charge is 0.119 e. The molecule has 3 heteroatoms. The quantitative estimate of drug-likeness (QED) is 0.695. The largest absolute Gasteiger partial charge is 0.497 e. The summed E-state index contributed by atoms with van der Waals surface area (Å²) in [4.78, 5) is 0. The van der Waals surface area contributed by atoms with Crippen LogP contribution in [0.2, 0.25) is 0 Å². The summed E-state index contributed by atoms with van der Waals surface area (Å²) in [6, 6.07) is 8.09. The average Bonchev–Trinajstić information content (AvgIpc) is 2.29. The van der Waals surface area contributed by atoms with Gasteiger partial charge in [0.1, 0.15) is 5.75 Å². The van der Waals surface area contributed by atoms with Crippen molar-refractivity contribution >= 4 is 0 Å². The van der Waals surface area contributed by atoms with Crippen LogP contribution in [-0.2, 0) is 11.3 Å². The van der Waals surface area contributed by atoms with Gasteiger partial charge in [0.05, 0.1) is 7.11 Å². The first kappa shape index (κ1) is 12.0. The van der Waals surface area contributed by atoms with Crippen LogP contribution >= 0.6 is 0 Å². The van der Waals surface area contributed by atoms with Gasteiger partial charge in [-0.3, -0.25) is 0 Å². The highest BCUT2D eigenvalue weighted by Crippen LogP contribution is 2.11. The van der Waals surface area contributed by atoms with E-state index < -0.39 is 0 Å². The van der Waals surface area contributed by atoms with Crippen LogP contribution in [0.15, 0.2) is 24.3 Å². The normalized spacial score (nSPS) is 10.3. The van der Waals surface area contributed by atoms with Crippen LogP contribution in [0.5, 0.6) is 5.75 Å². The Morgan fingerprint density at radius 1 is 1.27 bits per heavy atom. The summed E-state index contributed by atoms with van der Waals surface area (Å²) >= 11 is 0. The van der Waals surface area contributed by atoms with E-state index in [1.807, 2.05) is 18.2 Å². The van der Waals surface area contributed by atoms with Crippen LogP contribution < -0.4 is 10.1 Å². The fourth-order valence-electron chi connectivity index (χ4n) is 1.36. The summed E-state index contributed by atoms with van der Waals surface area (Å²) < 4.78 is 10.1. The second-order valence-corrected chi connectivity index (χ2v) is 3.37. The van der Waals surface area contributed by atoms with E-state index in [-0.39, 0.29) is 0 Å². The van der Waals surface area contributed by atoms with E-state index in [2.05, 4.69) is 11.4 Å². The lowest BCUT2D eigenvalue weighted by Crippen LogP contribution is -2.16. The molecule has 1 aromatic rings. The van der Waals surface area contributed by atoms with Gasteiger partial charge in [-0.2, -0.15) is 0 Å². The minimum absolute atomic E-state index is 0.811. The molecule has 0 bridgehead atoms. The maximum Gasteiger partial charge on any atom is 0.119 e. The molecule has 0 aromatic heterocycles. The Balaban J connectivity index is 2.24. The summed E-state index contributed by atoms with van der Waals surface area (Å²) in [6.07, 6.45) is 1.04. The summed E-state index contributed by atoms with van der Waals surface area (Å²) in [5.41, 5.74) is 1.24. The molecule has 1 aromatic carbocycles. The monoisotopic (exact) mass is 209 g/mol. The van der Waals surface area contributed by atoms with Crippen molar-refractivity contribution < 1.29 is 9.47 Å². The number of hydrogen-bond donors (Lipinski definition) is 1. The molecule has 0 aliphatic heterocycles. The first-order valence-electron chi connectivity index (χ1n) is 5.19. The third kappa shape index (κ3) is 4.81. The first-order valence-corrected chi connectivity index (χ1v) is 5.19. The topological polar surface area (TPSA) is 30.5 Å². The van der Waals surface area contributed by atoms with Crippen molar-refractivity contribution in [3.63, 3.8) is 0 Å². The molecule has 0 fully saturated rings. The molecule has 1 N–H and O–H groups in total. The Labute approximate surface area is 91.4 Å². The van der Waals surface area contributed by atoms with Crippen molar-refractivity contribution in [1.29, 1.82) is 0 Å². The van der Waals surface area contributed by atoms with Crippen molar-refractivity contribution in [2.24, 2.45) is 0 Å². The van der Waals surface area contributed by atoms with Gasteiger partial charge in [-0.05, 0) is 30.7 Å². The van der Waals surface area contributed by atoms with E-state index in [4.69, 9.17) is 9.47 Å². The predicted octanol–water partition coefficient (Wildman–Crippen LogP) is 1.82. The van der Waals surface area contributed by atoms with Gasteiger partial charge in [0, 0.05) is 20.3 Å². The zero-order valence-electron chi connectivity index (χ0n) is 9.45.